The molecular formula is C18H28N4O3S. The summed E-state index contributed by atoms with van der Waals surface area (Å²) in [5, 5.41) is 9.69. The number of sulfonamides is 1. The Bertz CT molecular complexity index is 868. The van der Waals surface area contributed by atoms with Crippen LogP contribution in [0.4, 0.5) is 0 Å². The number of likely N-dealkylation sites (tertiary alicyclic amines) is 1. The van der Waals surface area contributed by atoms with Gasteiger partial charge in [-0.05, 0) is 37.5 Å². The second-order valence-electron chi connectivity index (χ2n) is 7.12. The van der Waals surface area contributed by atoms with Gasteiger partial charge in [0.05, 0.1) is 28.6 Å². The summed E-state index contributed by atoms with van der Waals surface area (Å²) in [4.78, 5) is 7.32. The maximum absolute atomic E-state index is 12.4. The first-order valence-electron chi connectivity index (χ1n) is 9.15. The SMILES string of the molecule is CCCn1c(CN2CCC(O)CC2)nc2cc(S(=O)(=O)N(C)C)ccc21. The van der Waals surface area contributed by atoms with Crippen LogP contribution in [0.5, 0.6) is 0 Å². The number of hydrogen-bond donors (Lipinski definition) is 1. The zero-order chi connectivity index (χ0) is 18.9. The van der Waals surface area contributed by atoms with E-state index >= 15 is 0 Å². The summed E-state index contributed by atoms with van der Waals surface area (Å²) in [7, 11) is -0.405. The summed E-state index contributed by atoms with van der Waals surface area (Å²) in [6.07, 6.45) is 2.37. The number of fused-ring (bicyclic) bond motifs is 1. The number of imidazole rings is 1. The van der Waals surface area contributed by atoms with Crippen LogP contribution in [-0.2, 0) is 23.1 Å². The van der Waals surface area contributed by atoms with Gasteiger partial charge < -0.3 is 9.67 Å². The second kappa shape index (κ2) is 7.64. The van der Waals surface area contributed by atoms with E-state index in [1.165, 1.54) is 18.4 Å². The largest absolute Gasteiger partial charge is 0.393 e. The zero-order valence-electron chi connectivity index (χ0n) is 15.7. The highest BCUT2D eigenvalue weighted by Crippen LogP contribution is 2.24. The molecule has 0 unspecified atom stereocenters. The lowest BCUT2D eigenvalue weighted by Gasteiger charge is -2.29. The van der Waals surface area contributed by atoms with Crippen LogP contribution in [0.1, 0.15) is 32.0 Å². The Kier molecular flexibility index (Phi) is 5.67. The minimum Gasteiger partial charge on any atom is -0.393 e. The van der Waals surface area contributed by atoms with Crippen LogP contribution in [0.25, 0.3) is 11.0 Å². The summed E-state index contributed by atoms with van der Waals surface area (Å²) in [6.45, 7) is 5.41. The van der Waals surface area contributed by atoms with Gasteiger partial charge in [-0.2, -0.15) is 0 Å². The van der Waals surface area contributed by atoms with Gasteiger partial charge in [-0.25, -0.2) is 17.7 Å². The predicted octanol–water partition coefficient (Wildman–Crippen LogP) is 1.65. The molecule has 7 nitrogen and oxygen atoms in total. The smallest absolute Gasteiger partial charge is 0.242 e. The fraction of sp³-hybridized carbons (Fsp3) is 0.611. The molecule has 0 spiro atoms. The monoisotopic (exact) mass is 380 g/mol. The van der Waals surface area contributed by atoms with Gasteiger partial charge in [0.25, 0.3) is 0 Å². The lowest BCUT2D eigenvalue weighted by molar-refractivity contribution is 0.0775. The van der Waals surface area contributed by atoms with Crippen molar-refractivity contribution in [2.75, 3.05) is 27.2 Å². The third-order valence-electron chi connectivity index (χ3n) is 4.95. The van der Waals surface area contributed by atoms with Crippen molar-refractivity contribution in [3.8, 4) is 0 Å². The van der Waals surface area contributed by atoms with E-state index < -0.39 is 10.0 Å². The minimum absolute atomic E-state index is 0.195. The van der Waals surface area contributed by atoms with E-state index in [9.17, 15) is 13.5 Å². The number of aryl methyl sites for hydroxylation is 1. The number of aliphatic hydroxyl groups is 1. The lowest BCUT2D eigenvalue weighted by atomic mass is 10.1. The summed E-state index contributed by atoms with van der Waals surface area (Å²) in [5.74, 6) is 0.956. The summed E-state index contributed by atoms with van der Waals surface area (Å²) in [6, 6.07) is 5.19. The van der Waals surface area contributed by atoms with Crippen molar-refractivity contribution in [2.45, 2.75) is 50.3 Å². The first kappa shape index (κ1) is 19.3. The molecule has 26 heavy (non-hydrogen) atoms. The van der Waals surface area contributed by atoms with Gasteiger partial charge in [-0.3, -0.25) is 4.90 Å². The molecule has 1 aromatic heterocycles. The molecule has 0 aliphatic carbocycles. The highest BCUT2D eigenvalue weighted by Gasteiger charge is 2.22. The quantitative estimate of drug-likeness (QED) is 0.824. The van der Waals surface area contributed by atoms with Gasteiger partial charge in [0, 0.05) is 33.7 Å². The Morgan fingerprint density at radius 2 is 1.96 bits per heavy atom. The van der Waals surface area contributed by atoms with Gasteiger partial charge in [-0.15, -0.1) is 0 Å². The molecule has 1 aromatic carbocycles. The highest BCUT2D eigenvalue weighted by atomic mass is 32.2. The Hall–Kier alpha value is -1.48. The number of nitrogens with zero attached hydrogens (tertiary/aromatic N) is 4. The van der Waals surface area contributed by atoms with Crippen molar-refractivity contribution >= 4 is 21.1 Å². The number of benzene rings is 1. The van der Waals surface area contributed by atoms with Crippen molar-refractivity contribution in [2.24, 2.45) is 0 Å². The van der Waals surface area contributed by atoms with E-state index in [0.717, 1.165) is 56.8 Å². The average molecular weight is 381 g/mol. The predicted molar refractivity (Wildman–Crippen MR) is 101 cm³/mol. The molecular weight excluding hydrogens is 352 g/mol. The fourth-order valence-electron chi connectivity index (χ4n) is 3.40. The Morgan fingerprint density at radius 1 is 1.27 bits per heavy atom. The number of hydrogen-bond acceptors (Lipinski definition) is 5. The van der Waals surface area contributed by atoms with Crippen LogP contribution in [0, 0.1) is 0 Å². The van der Waals surface area contributed by atoms with Crippen molar-refractivity contribution in [3.63, 3.8) is 0 Å². The molecule has 0 saturated carbocycles. The zero-order valence-corrected chi connectivity index (χ0v) is 16.5. The molecule has 0 bridgehead atoms. The fourth-order valence-corrected chi connectivity index (χ4v) is 4.32. The van der Waals surface area contributed by atoms with Gasteiger partial charge >= 0.3 is 0 Å². The van der Waals surface area contributed by atoms with E-state index in [1.54, 1.807) is 12.1 Å². The molecule has 1 N–H and O–H groups in total. The number of aliphatic hydroxyl groups excluding tert-OH is 1. The van der Waals surface area contributed by atoms with Crippen molar-refractivity contribution in [1.82, 2.24) is 18.8 Å². The molecule has 1 aliphatic rings. The molecule has 0 radical (unpaired) electrons. The Labute approximate surface area is 155 Å². The third kappa shape index (κ3) is 3.78. The van der Waals surface area contributed by atoms with E-state index in [0.29, 0.717) is 5.52 Å². The van der Waals surface area contributed by atoms with Gasteiger partial charge in [0.2, 0.25) is 10.0 Å². The molecule has 3 rings (SSSR count). The normalized spacial score (nSPS) is 17.4. The standard InChI is InChI=1S/C18H28N4O3S/c1-4-9-22-17-6-5-15(26(24,25)20(2)3)12-16(17)19-18(22)13-21-10-7-14(23)8-11-21/h5-6,12,14,23H,4,7-11,13H2,1-3H3. The summed E-state index contributed by atoms with van der Waals surface area (Å²) in [5.41, 5.74) is 1.69. The molecule has 0 amide bonds. The van der Waals surface area contributed by atoms with Crippen LogP contribution >= 0.6 is 0 Å². The molecule has 0 atom stereocenters. The van der Waals surface area contributed by atoms with Crippen molar-refractivity contribution in [3.05, 3.63) is 24.0 Å². The molecule has 2 heterocycles. The van der Waals surface area contributed by atoms with E-state index in [1.807, 2.05) is 6.07 Å². The van der Waals surface area contributed by atoms with Crippen LogP contribution in [0.3, 0.4) is 0 Å². The molecule has 1 aliphatic heterocycles. The first-order chi connectivity index (χ1) is 12.3. The van der Waals surface area contributed by atoms with Gasteiger partial charge in [0.15, 0.2) is 0 Å². The summed E-state index contributed by atoms with van der Waals surface area (Å²) < 4.78 is 28.2. The molecule has 1 fully saturated rings. The Morgan fingerprint density at radius 3 is 2.58 bits per heavy atom. The number of aromatic nitrogens is 2. The van der Waals surface area contributed by atoms with E-state index in [-0.39, 0.29) is 11.0 Å². The van der Waals surface area contributed by atoms with Crippen LogP contribution in [-0.4, -0.2) is 65.6 Å². The number of piperidine rings is 1. The lowest BCUT2D eigenvalue weighted by Crippen LogP contribution is -2.36. The highest BCUT2D eigenvalue weighted by molar-refractivity contribution is 7.89. The maximum atomic E-state index is 12.4. The van der Waals surface area contributed by atoms with Crippen LogP contribution in [0.2, 0.25) is 0 Å². The van der Waals surface area contributed by atoms with E-state index in [2.05, 4.69) is 16.4 Å². The van der Waals surface area contributed by atoms with Gasteiger partial charge in [0.1, 0.15) is 5.82 Å². The maximum Gasteiger partial charge on any atom is 0.242 e. The molecule has 144 valence electrons. The minimum atomic E-state index is -3.47. The van der Waals surface area contributed by atoms with Crippen LogP contribution < -0.4 is 0 Å². The molecule has 1 saturated heterocycles. The van der Waals surface area contributed by atoms with Crippen LogP contribution in [0.15, 0.2) is 23.1 Å². The Balaban J connectivity index is 1.96. The second-order valence-corrected chi connectivity index (χ2v) is 9.28. The molecule has 2 aromatic rings. The first-order valence-corrected chi connectivity index (χ1v) is 10.6. The van der Waals surface area contributed by atoms with E-state index in [4.69, 9.17) is 4.98 Å². The average Bonchev–Trinajstić information content (AvgIpc) is 2.94. The number of rotatable bonds is 6. The molecule has 8 heteroatoms. The van der Waals surface area contributed by atoms with Crippen molar-refractivity contribution in [1.29, 1.82) is 0 Å². The summed E-state index contributed by atoms with van der Waals surface area (Å²) >= 11 is 0. The third-order valence-corrected chi connectivity index (χ3v) is 6.76. The van der Waals surface area contributed by atoms with Gasteiger partial charge in [-0.1, -0.05) is 6.92 Å². The topological polar surface area (TPSA) is 78.7 Å². The van der Waals surface area contributed by atoms with Crippen molar-refractivity contribution < 1.29 is 13.5 Å².